The van der Waals surface area contributed by atoms with E-state index in [1.165, 1.54) is 12.1 Å². The first-order valence-electron chi connectivity index (χ1n) is 9.65. The van der Waals surface area contributed by atoms with Crippen molar-refractivity contribution in [2.24, 2.45) is 0 Å². The van der Waals surface area contributed by atoms with Crippen molar-refractivity contribution in [3.8, 4) is 0 Å². The van der Waals surface area contributed by atoms with Crippen molar-refractivity contribution in [3.05, 3.63) is 65.5 Å². The van der Waals surface area contributed by atoms with E-state index in [9.17, 15) is 13.2 Å². The van der Waals surface area contributed by atoms with Gasteiger partial charge in [0.2, 0.25) is 15.8 Å². The molecule has 30 heavy (non-hydrogen) atoms. The second-order valence-corrected chi connectivity index (χ2v) is 8.71. The lowest BCUT2D eigenvalue weighted by molar-refractivity contribution is 0.0491. The van der Waals surface area contributed by atoms with E-state index < -0.39 is 16.0 Å². The number of esters is 1. The molecule has 0 aliphatic carbocycles. The lowest BCUT2D eigenvalue weighted by Crippen LogP contribution is -2.25. The van der Waals surface area contributed by atoms with Gasteiger partial charge in [-0.25, -0.2) is 17.9 Å². The number of carbonyl (C=O) groups is 1. The number of aromatic amines is 1. The molecule has 156 valence electrons. The minimum Gasteiger partial charge on any atom is -0.460 e. The summed E-state index contributed by atoms with van der Waals surface area (Å²) in [5.74, 6) is -0.471. The number of hydrogen-bond acceptors (Lipinski definition) is 5. The first kappa shape index (κ1) is 20.2. The van der Waals surface area contributed by atoms with Gasteiger partial charge in [-0.15, -0.1) is 0 Å². The number of ether oxygens (including phenoxy) is 1. The van der Waals surface area contributed by atoms with Crippen LogP contribution in [0.1, 0.15) is 28.6 Å². The van der Waals surface area contributed by atoms with Crippen LogP contribution in [0.3, 0.4) is 0 Å². The zero-order valence-electron chi connectivity index (χ0n) is 16.7. The van der Waals surface area contributed by atoms with Crippen LogP contribution < -0.4 is 4.72 Å². The van der Waals surface area contributed by atoms with Gasteiger partial charge in [0.05, 0.1) is 11.5 Å². The van der Waals surface area contributed by atoms with Gasteiger partial charge < -0.3 is 14.1 Å². The number of rotatable bonds is 7. The van der Waals surface area contributed by atoms with Crippen LogP contribution in [0, 0.1) is 6.92 Å². The molecule has 0 saturated heterocycles. The van der Waals surface area contributed by atoms with Crippen molar-refractivity contribution in [3.63, 3.8) is 0 Å². The molecule has 4 rings (SSSR count). The van der Waals surface area contributed by atoms with Crippen molar-refractivity contribution in [1.29, 1.82) is 0 Å². The molecule has 0 amide bonds. The molecule has 0 aliphatic heterocycles. The van der Waals surface area contributed by atoms with Gasteiger partial charge in [0.25, 0.3) is 0 Å². The minimum atomic E-state index is -3.71. The third-order valence-electron chi connectivity index (χ3n) is 5.04. The quantitative estimate of drug-likeness (QED) is 0.436. The van der Waals surface area contributed by atoms with Crippen LogP contribution in [0.2, 0.25) is 0 Å². The average Bonchev–Trinajstić information content (AvgIpc) is 3.29. The van der Waals surface area contributed by atoms with Gasteiger partial charge in [0.15, 0.2) is 0 Å². The van der Waals surface area contributed by atoms with E-state index in [1.807, 2.05) is 30.5 Å². The molecule has 7 nitrogen and oxygen atoms in total. The van der Waals surface area contributed by atoms with Crippen molar-refractivity contribution in [2.75, 3.05) is 13.2 Å². The maximum Gasteiger partial charge on any atom is 0.374 e. The smallest absolute Gasteiger partial charge is 0.374 e. The number of carbonyl (C=O) groups excluding carboxylic acids is 1. The van der Waals surface area contributed by atoms with Gasteiger partial charge in [-0.1, -0.05) is 18.2 Å². The van der Waals surface area contributed by atoms with Crippen LogP contribution in [-0.4, -0.2) is 32.5 Å². The number of H-pyrrole nitrogens is 1. The highest BCUT2D eigenvalue weighted by Crippen LogP contribution is 2.28. The number of nitrogens with one attached hydrogen (secondary N) is 2. The summed E-state index contributed by atoms with van der Waals surface area (Å²) in [6.45, 7) is 3.91. The van der Waals surface area contributed by atoms with Gasteiger partial charge in [0.1, 0.15) is 5.58 Å². The Morgan fingerprint density at radius 1 is 1.17 bits per heavy atom. The Labute approximate surface area is 174 Å². The molecule has 8 heteroatoms. The van der Waals surface area contributed by atoms with E-state index in [2.05, 4.69) is 9.71 Å². The summed E-state index contributed by atoms with van der Waals surface area (Å²) in [4.78, 5) is 15.3. The molecule has 0 fully saturated rings. The summed E-state index contributed by atoms with van der Waals surface area (Å²) in [5.41, 5.74) is 3.06. The Hall–Kier alpha value is -3.10. The van der Waals surface area contributed by atoms with Gasteiger partial charge >= 0.3 is 5.97 Å². The van der Waals surface area contributed by atoms with E-state index in [0.29, 0.717) is 23.0 Å². The Morgan fingerprint density at radius 3 is 2.77 bits per heavy atom. The summed E-state index contributed by atoms with van der Waals surface area (Å²) < 4.78 is 38.8. The zero-order valence-corrected chi connectivity index (χ0v) is 17.5. The van der Waals surface area contributed by atoms with Crippen LogP contribution in [0.25, 0.3) is 21.9 Å². The fraction of sp³-hybridized carbons (Fsp3) is 0.227. The summed E-state index contributed by atoms with van der Waals surface area (Å²) in [7, 11) is -3.71. The summed E-state index contributed by atoms with van der Waals surface area (Å²) in [6.07, 6.45) is 2.46. The number of aryl methyl sites for hydroxylation is 1. The molecule has 0 radical (unpaired) electrons. The van der Waals surface area contributed by atoms with E-state index in [0.717, 1.165) is 16.5 Å². The Balaban J connectivity index is 1.53. The normalized spacial score (nSPS) is 11.9. The largest absolute Gasteiger partial charge is 0.460 e. The SMILES string of the molecule is CCOC(=O)c1oc2ccc(S(=O)(=O)NCCc3c[nH]c4ccccc34)cc2c1C. The molecule has 0 unspecified atom stereocenters. The summed E-state index contributed by atoms with van der Waals surface area (Å²) in [5, 5.41) is 1.65. The average molecular weight is 426 g/mol. The standard InChI is InChI=1S/C22H22N2O5S/c1-3-28-22(25)21-14(2)18-12-16(8-9-20(18)29-21)30(26,27)24-11-10-15-13-23-19-7-5-4-6-17(15)19/h4-9,12-13,23-24H,3,10-11H2,1-2H3. The van der Waals surface area contributed by atoms with Crippen LogP contribution >= 0.6 is 0 Å². The zero-order chi connectivity index (χ0) is 21.3. The molecular formula is C22H22N2O5S. The molecule has 2 heterocycles. The first-order chi connectivity index (χ1) is 14.4. The van der Waals surface area contributed by atoms with Gasteiger partial charge in [-0.3, -0.25) is 0 Å². The van der Waals surface area contributed by atoms with Crippen molar-refractivity contribution in [2.45, 2.75) is 25.2 Å². The molecule has 0 saturated carbocycles. The number of fused-ring (bicyclic) bond motifs is 2. The van der Waals surface area contributed by atoms with Gasteiger partial charge in [0, 0.05) is 34.6 Å². The Kier molecular flexibility index (Phi) is 5.36. The van der Waals surface area contributed by atoms with Gasteiger partial charge in [-0.2, -0.15) is 0 Å². The van der Waals surface area contributed by atoms with Crippen LogP contribution in [0.5, 0.6) is 0 Å². The van der Waals surface area contributed by atoms with Crippen molar-refractivity contribution < 1.29 is 22.4 Å². The maximum atomic E-state index is 12.8. The van der Waals surface area contributed by atoms with Crippen LogP contribution in [-0.2, 0) is 21.2 Å². The number of aromatic nitrogens is 1. The predicted molar refractivity (Wildman–Crippen MR) is 114 cm³/mol. The maximum absolute atomic E-state index is 12.8. The first-order valence-corrected chi connectivity index (χ1v) is 11.1. The molecule has 2 aromatic carbocycles. The third-order valence-corrected chi connectivity index (χ3v) is 6.50. The molecule has 0 spiro atoms. The number of furan rings is 1. The molecular weight excluding hydrogens is 404 g/mol. The van der Waals surface area contributed by atoms with Crippen molar-refractivity contribution >= 4 is 37.9 Å². The lowest BCUT2D eigenvalue weighted by Gasteiger charge is -2.07. The van der Waals surface area contributed by atoms with Crippen molar-refractivity contribution in [1.82, 2.24) is 9.71 Å². The third kappa shape index (κ3) is 3.71. The number of benzene rings is 2. The second kappa shape index (κ2) is 7.97. The molecule has 2 N–H and O–H groups in total. The molecule has 0 bridgehead atoms. The Bertz CT molecular complexity index is 1330. The topological polar surface area (TPSA) is 101 Å². The van der Waals surface area contributed by atoms with E-state index in [-0.39, 0.29) is 23.8 Å². The summed E-state index contributed by atoms with van der Waals surface area (Å²) in [6, 6.07) is 12.4. The molecule has 2 aromatic heterocycles. The van der Waals surface area contributed by atoms with Crippen LogP contribution in [0.4, 0.5) is 0 Å². The monoisotopic (exact) mass is 426 g/mol. The van der Waals surface area contributed by atoms with Gasteiger partial charge in [-0.05, 0) is 50.1 Å². The number of hydrogen-bond donors (Lipinski definition) is 2. The Morgan fingerprint density at radius 2 is 1.97 bits per heavy atom. The predicted octanol–water partition coefficient (Wildman–Crippen LogP) is 3.92. The van der Waals surface area contributed by atoms with E-state index in [1.54, 1.807) is 19.9 Å². The second-order valence-electron chi connectivity index (χ2n) is 6.94. The van der Waals surface area contributed by atoms with E-state index in [4.69, 9.17) is 9.15 Å². The minimum absolute atomic E-state index is 0.0914. The molecule has 0 aliphatic rings. The fourth-order valence-electron chi connectivity index (χ4n) is 3.50. The molecule has 4 aromatic rings. The lowest BCUT2D eigenvalue weighted by atomic mass is 10.1. The van der Waals surface area contributed by atoms with Crippen LogP contribution in [0.15, 0.2) is 58.0 Å². The highest BCUT2D eigenvalue weighted by Gasteiger charge is 2.21. The fourth-order valence-corrected chi connectivity index (χ4v) is 4.56. The highest BCUT2D eigenvalue weighted by molar-refractivity contribution is 7.89. The number of para-hydroxylation sites is 1. The highest BCUT2D eigenvalue weighted by atomic mass is 32.2. The molecule has 0 atom stereocenters. The summed E-state index contributed by atoms with van der Waals surface area (Å²) >= 11 is 0. The van der Waals surface area contributed by atoms with E-state index >= 15 is 0 Å². The number of sulfonamides is 1.